The molecule has 0 saturated carbocycles. The summed E-state index contributed by atoms with van der Waals surface area (Å²) in [6.45, 7) is 0.109. The lowest BCUT2D eigenvalue weighted by molar-refractivity contribution is 0.186. The molecule has 0 saturated heterocycles. The summed E-state index contributed by atoms with van der Waals surface area (Å²) in [6, 6.07) is 10.7. The van der Waals surface area contributed by atoms with Crippen molar-refractivity contribution in [2.24, 2.45) is 0 Å². The number of aliphatic hydroxyl groups is 1. The first-order valence-corrected chi connectivity index (χ1v) is 7.34. The van der Waals surface area contributed by atoms with E-state index in [1.54, 1.807) is 11.8 Å². The Bertz CT molecular complexity index is 592. The van der Waals surface area contributed by atoms with Gasteiger partial charge in [-0.25, -0.2) is 8.78 Å². The first-order chi connectivity index (χ1) is 9.61. The van der Waals surface area contributed by atoms with Gasteiger partial charge in [-0.15, -0.1) is 11.8 Å². The zero-order chi connectivity index (χ0) is 14.5. The Morgan fingerprint density at radius 1 is 1.20 bits per heavy atom. The third-order valence-corrected chi connectivity index (χ3v) is 3.71. The fourth-order valence-electron chi connectivity index (χ4n) is 1.88. The number of halogens is 2. The van der Waals surface area contributed by atoms with Crippen LogP contribution < -0.4 is 5.32 Å². The molecular formula is C15H15F2NOS. The van der Waals surface area contributed by atoms with E-state index in [9.17, 15) is 13.9 Å². The second kappa shape index (κ2) is 6.72. The summed E-state index contributed by atoms with van der Waals surface area (Å²) < 4.78 is 26.6. The lowest BCUT2D eigenvalue weighted by Gasteiger charge is -2.15. The van der Waals surface area contributed by atoms with Crippen molar-refractivity contribution in [3.8, 4) is 0 Å². The molecule has 106 valence electrons. The molecule has 0 bridgehead atoms. The summed E-state index contributed by atoms with van der Waals surface area (Å²) >= 11 is 1.57. The molecule has 0 aliphatic heterocycles. The molecule has 2 aromatic rings. The van der Waals surface area contributed by atoms with Crippen molar-refractivity contribution in [3.63, 3.8) is 0 Å². The number of benzene rings is 2. The number of thioether (sulfide) groups is 1. The standard InChI is InChI=1S/C15H15F2NOS/c1-20-15-5-3-2-4-13(15)18-9-14(19)11-8-10(16)6-7-12(11)17/h2-8,14,18-19H,9H2,1H3. The average Bonchev–Trinajstić information content (AvgIpc) is 2.47. The minimum absolute atomic E-state index is 0.0425. The van der Waals surface area contributed by atoms with E-state index in [0.717, 1.165) is 28.8 Å². The molecule has 2 nitrogen and oxygen atoms in total. The predicted molar refractivity (Wildman–Crippen MR) is 78.0 cm³/mol. The number of hydrogen-bond acceptors (Lipinski definition) is 3. The summed E-state index contributed by atoms with van der Waals surface area (Å²) in [6.07, 6.45) is 0.837. The predicted octanol–water partition coefficient (Wildman–Crippen LogP) is 3.83. The van der Waals surface area contributed by atoms with Gasteiger partial charge >= 0.3 is 0 Å². The quantitative estimate of drug-likeness (QED) is 0.822. The van der Waals surface area contributed by atoms with Crippen LogP contribution in [0.25, 0.3) is 0 Å². The lowest BCUT2D eigenvalue weighted by Crippen LogP contribution is -2.14. The molecule has 0 amide bonds. The van der Waals surface area contributed by atoms with Gasteiger partial charge in [0.1, 0.15) is 11.6 Å². The van der Waals surface area contributed by atoms with Crippen LogP contribution in [0.4, 0.5) is 14.5 Å². The molecule has 2 N–H and O–H groups in total. The van der Waals surface area contributed by atoms with Gasteiger partial charge in [0.25, 0.3) is 0 Å². The number of aliphatic hydroxyl groups excluding tert-OH is 1. The molecule has 2 aromatic carbocycles. The third-order valence-electron chi connectivity index (χ3n) is 2.91. The van der Waals surface area contributed by atoms with Gasteiger partial charge in [0.2, 0.25) is 0 Å². The first kappa shape index (κ1) is 14.8. The summed E-state index contributed by atoms with van der Waals surface area (Å²) in [7, 11) is 0. The highest BCUT2D eigenvalue weighted by atomic mass is 32.2. The van der Waals surface area contributed by atoms with Crippen molar-refractivity contribution in [2.45, 2.75) is 11.0 Å². The highest BCUT2D eigenvalue weighted by molar-refractivity contribution is 7.98. The van der Waals surface area contributed by atoms with Gasteiger partial charge in [0.15, 0.2) is 0 Å². The van der Waals surface area contributed by atoms with E-state index < -0.39 is 17.7 Å². The average molecular weight is 295 g/mol. The maximum atomic E-state index is 13.5. The summed E-state index contributed by atoms with van der Waals surface area (Å²) in [5.41, 5.74) is 0.815. The van der Waals surface area contributed by atoms with Crippen LogP contribution in [0.3, 0.4) is 0 Å². The fourth-order valence-corrected chi connectivity index (χ4v) is 2.45. The Morgan fingerprint density at radius 2 is 1.95 bits per heavy atom. The zero-order valence-electron chi connectivity index (χ0n) is 10.9. The van der Waals surface area contributed by atoms with E-state index in [2.05, 4.69) is 5.32 Å². The third kappa shape index (κ3) is 3.49. The SMILES string of the molecule is CSc1ccccc1NCC(O)c1cc(F)ccc1F. The largest absolute Gasteiger partial charge is 0.386 e. The van der Waals surface area contributed by atoms with Crippen molar-refractivity contribution < 1.29 is 13.9 Å². The van der Waals surface area contributed by atoms with Gasteiger partial charge in [-0.3, -0.25) is 0 Å². The summed E-state index contributed by atoms with van der Waals surface area (Å²) in [5, 5.41) is 13.0. The molecule has 0 spiro atoms. The highest BCUT2D eigenvalue weighted by Crippen LogP contribution is 2.26. The Labute approximate surface area is 120 Å². The van der Waals surface area contributed by atoms with E-state index in [-0.39, 0.29) is 12.1 Å². The van der Waals surface area contributed by atoms with Gasteiger partial charge in [0.05, 0.1) is 6.10 Å². The number of para-hydroxylation sites is 1. The smallest absolute Gasteiger partial charge is 0.129 e. The Morgan fingerprint density at radius 3 is 2.70 bits per heavy atom. The van der Waals surface area contributed by atoms with Gasteiger partial charge in [-0.2, -0.15) is 0 Å². The molecule has 0 aliphatic rings. The van der Waals surface area contributed by atoms with E-state index >= 15 is 0 Å². The van der Waals surface area contributed by atoms with E-state index in [1.165, 1.54) is 0 Å². The molecule has 2 rings (SSSR count). The normalized spacial score (nSPS) is 12.2. The number of rotatable bonds is 5. The van der Waals surface area contributed by atoms with E-state index in [1.807, 2.05) is 30.5 Å². The Hall–Kier alpha value is -1.59. The van der Waals surface area contributed by atoms with Crippen molar-refractivity contribution in [1.29, 1.82) is 0 Å². The van der Waals surface area contributed by atoms with Crippen molar-refractivity contribution in [2.75, 3.05) is 18.1 Å². The molecule has 1 atom stereocenters. The van der Waals surface area contributed by atoms with Crippen LogP contribution in [0.5, 0.6) is 0 Å². The highest BCUT2D eigenvalue weighted by Gasteiger charge is 2.14. The second-order valence-corrected chi connectivity index (χ2v) is 5.11. The molecule has 0 aliphatic carbocycles. The van der Waals surface area contributed by atoms with Crippen LogP contribution >= 0.6 is 11.8 Å². The first-order valence-electron chi connectivity index (χ1n) is 6.11. The number of hydrogen-bond donors (Lipinski definition) is 2. The Kier molecular flexibility index (Phi) is 4.98. The van der Waals surface area contributed by atoms with E-state index in [4.69, 9.17) is 0 Å². The van der Waals surface area contributed by atoms with Crippen molar-refractivity contribution >= 4 is 17.4 Å². The maximum absolute atomic E-state index is 13.5. The molecule has 0 radical (unpaired) electrons. The van der Waals surface area contributed by atoms with Gasteiger partial charge in [-0.1, -0.05) is 12.1 Å². The summed E-state index contributed by atoms with van der Waals surface area (Å²) in [4.78, 5) is 1.03. The van der Waals surface area contributed by atoms with Crippen LogP contribution in [0.1, 0.15) is 11.7 Å². The van der Waals surface area contributed by atoms with Crippen LogP contribution in [0, 0.1) is 11.6 Å². The van der Waals surface area contributed by atoms with Gasteiger partial charge in [0, 0.05) is 22.7 Å². The Balaban J connectivity index is 2.08. The lowest BCUT2D eigenvalue weighted by atomic mass is 10.1. The van der Waals surface area contributed by atoms with Crippen molar-refractivity contribution in [3.05, 3.63) is 59.7 Å². The molecule has 20 heavy (non-hydrogen) atoms. The molecule has 0 aromatic heterocycles. The van der Waals surface area contributed by atoms with Gasteiger partial charge in [-0.05, 0) is 36.6 Å². The maximum Gasteiger partial charge on any atom is 0.129 e. The molecule has 1 unspecified atom stereocenters. The number of anilines is 1. The van der Waals surface area contributed by atoms with Crippen LogP contribution in [-0.4, -0.2) is 17.9 Å². The van der Waals surface area contributed by atoms with Crippen LogP contribution in [0.2, 0.25) is 0 Å². The van der Waals surface area contributed by atoms with Crippen LogP contribution in [0.15, 0.2) is 47.4 Å². The fraction of sp³-hybridized carbons (Fsp3) is 0.200. The van der Waals surface area contributed by atoms with Crippen LogP contribution in [-0.2, 0) is 0 Å². The molecule has 0 fully saturated rings. The second-order valence-electron chi connectivity index (χ2n) is 4.26. The minimum atomic E-state index is -1.11. The van der Waals surface area contributed by atoms with E-state index in [0.29, 0.717) is 0 Å². The van der Waals surface area contributed by atoms with Crippen molar-refractivity contribution in [1.82, 2.24) is 0 Å². The molecule has 5 heteroatoms. The monoisotopic (exact) mass is 295 g/mol. The molecular weight excluding hydrogens is 280 g/mol. The molecule has 0 heterocycles. The topological polar surface area (TPSA) is 32.3 Å². The zero-order valence-corrected chi connectivity index (χ0v) is 11.8. The summed E-state index contributed by atoms with van der Waals surface area (Å²) in [5.74, 6) is -1.18. The minimum Gasteiger partial charge on any atom is -0.386 e. The number of nitrogens with one attached hydrogen (secondary N) is 1. The van der Waals surface area contributed by atoms with Gasteiger partial charge < -0.3 is 10.4 Å².